The molecule has 114 valence electrons. The minimum atomic E-state index is -0.219. The van der Waals surface area contributed by atoms with Gasteiger partial charge < -0.3 is 9.47 Å². The molecule has 0 bridgehead atoms. The Morgan fingerprint density at radius 2 is 1.40 bits per heavy atom. The van der Waals surface area contributed by atoms with Gasteiger partial charge in [-0.05, 0) is 32.3 Å². The Hall–Kier alpha value is -0.860. The van der Waals surface area contributed by atoms with Gasteiger partial charge in [0.05, 0.1) is 0 Å². The van der Waals surface area contributed by atoms with Crippen molar-refractivity contribution in [3.8, 4) is 0 Å². The number of hydrogen-bond donors (Lipinski definition) is 0. The van der Waals surface area contributed by atoms with Gasteiger partial charge in [-0.25, -0.2) is 0 Å². The van der Waals surface area contributed by atoms with Crippen molar-refractivity contribution >= 4 is 0 Å². The van der Waals surface area contributed by atoms with Crippen LogP contribution in [0.25, 0.3) is 0 Å². The summed E-state index contributed by atoms with van der Waals surface area (Å²) in [5, 5.41) is 0. The Kier molecular flexibility index (Phi) is 9.35. The Morgan fingerprint density at radius 1 is 0.800 bits per heavy atom. The Labute approximate surface area is 124 Å². The van der Waals surface area contributed by atoms with Gasteiger partial charge in [0, 0.05) is 18.8 Å². The molecule has 2 nitrogen and oxygen atoms in total. The summed E-state index contributed by atoms with van der Waals surface area (Å²) in [4.78, 5) is 0. The third-order valence-electron chi connectivity index (χ3n) is 3.46. The monoisotopic (exact) mass is 278 g/mol. The topological polar surface area (TPSA) is 18.5 Å². The molecule has 0 aromatic heterocycles. The molecule has 0 amide bonds. The summed E-state index contributed by atoms with van der Waals surface area (Å²) in [6.07, 6.45) is 7.64. The Bertz CT molecular complexity index is 326. The van der Waals surface area contributed by atoms with Crippen LogP contribution < -0.4 is 0 Å². The van der Waals surface area contributed by atoms with Crippen LogP contribution in [0.5, 0.6) is 0 Å². The number of rotatable bonds is 11. The van der Waals surface area contributed by atoms with Crippen LogP contribution in [0, 0.1) is 0 Å². The Morgan fingerprint density at radius 3 is 1.95 bits per heavy atom. The second-order valence-electron chi connectivity index (χ2n) is 5.15. The van der Waals surface area contributed by atoms with Crippen LogP contribution in [-0.4, -0.2) is 13.2 Å². The van der Waals surface area contributed by atoms with E-state index in [0.29, 0.717) is 13.2 Å². The van der Waals surface area contributed by atoms with E-state index in [9.17, 15) is 0 Å². The van der Waals surface area contributed by atoms with Crippen molar-refractivity contribution in [1.29, 1.82) is 0 Å². The van der Waals surface area contributed by atoms with Gasteiger partial charge in [0.1, 0.15) is 0 Å². The fourth-order valence-electron chi connectivity index (χ4n) is 2.32. The summed E-state index contributed by atoms with van der Waals surface area (Å²) in [6.45, 7) is 7.59. The maximum absolute atomic E-state index is 5.61. The number of ether oxygens (including phenoxy) is 2. The summed E-state index contributed by atoms with van der Waals surface area (Å²) in [5.74, 6) is 0. The van der Waals surface area contributed by atoms with Gasteiger partial charge in [0.15, 0.2) is 6.29 Å². The summed E-state index contributed by atoms with van der Waals surface area (Å²) < 4.78 is 11.2. The molecule has 0 saturated heterocycles. The number of hydrogen-bond acceptors (Lipinski definition) is 2. The highest BCUT2D eigenvalue weighted by molar-refractivity contribution is 5.23. The molecule has 0 aliphatic carbocycles. The fraction of sp³-hybridized carbons (Fsp3) is 0.667. The van der Waals surface area contributed by atoms with E-state index in [-0.39, 0.29) is 6.29 Å². The van der Waals surface area contributed by atoms with Crippen molar-refractivity contribution in [3.63, 3.8) is 0 Å². The van der Waals surface area contributed by atoms with Crippen molar-refractivity contribution in [1.82, 2.24) is 0 Å². The zero-order chi connectivity index (χ0) is 14.6. The molecule has 0 aliphatic heterocycles. The van der Waals surface area contributed by atoms with E-state index in [1.54, 1.807) is 0 Å². The lowest BCUT2D eigenvalue weighted by atomic mass is 10.0. The van der Waals surface area contributed by atoms with Crippen molar-refractivity contribution in [3.05, 3.63) is 35.4 Å². The molecular formula is C18H30O2. The standard InChI is InChI=1S/C18H30O2/c1-4-7-8-9-10-11-16-12-14-17(15-13-16)18(19-5-2)20-6-3/h12-15,18H,4-11H2,1-3H3. The lowest BCUT2D eigenvalue weighted by Gasteiger charge is -2.17. The first kappa shape index (κ1) is 17.2. The molecule has 0 N–H and O–H groups in total. The van der Waals surface area contributed by atoms with Crippen molar-refractivity contribution in [2.24, 2.45) is 0 Å². The van der Waals surface area contributed by atoms with Gasteiger partial charge in [-0.1, -0.05) is 56.9 Å². The number of benzene rings is 1. The SMILES string of the molecule is CCCCCCCc1ccc(C(OCC)OCC)cc1. The van der Waals surface area contributed by atoms with Crippen LogP contribution in [0.15, 0.2) is 24.3 Å². The van der Waals surface area contributed by atoms with Crippen LogP contribution in [0.2, 0.25) is 0 Å². The second kappa shape index (κ2) is 10.9. The third-order valence-corrected chi connectivity index (χ3v) is 3.46. The number of unbranched alkanes of at least 4 members (excludes halogenated alkanes) is 4. The largest absolute Gasteiger partial charge is 0.349 e. The molecule has 0 fully saturated rings. The summed E-state index contributed by atoms with van der Waals surface area (Å²) in [6, 6.07) is 8.69. The molecule has 0 saturated carbocycles. The smallest absolute Gasteiger partial charge is 0.183 e. The summed E-state index contributed by atoms with van der Waals surface area (Å²) in [5.41, 5.74) is 2.53. The van der Waals surface area contributed by atoms with Crippen LogP contribution in [0.3, 0.4) is 0 Å². The Balaban J connectivity index is 2.41. The maximum Gasteiger partial charge on any atom is 0.183 e. The molecule has 0 unspecified atom stereocenters. The predicted octanol–water partition coefficient (Wildman–Crippen LogP) is 5.27. The van der Waals surface area contributed by atoms with Crippen LogP contribution in [-0.2, 0) is 15.9 Å². The lowest BCUT2D eigenvalue weighted by molar-refractivity contribution is -0.140. The highest BCUT2D eigenvalue weighted by Gasteiger charge is 2.10. The van der Waals surface area contributed by atoms with Crippen molar-refractivity contribution in [2.45, 2.75) is 65.6 Å². The van der Waals surface area contributed by atoms with Gasteiger partial charge in [-0.2, -0.15) is 0 Å². The molecular weight excluding hydrogens is 248 g/mol. The van der Waals surface area contributed by atoms with Gasteiger partial charge in [-0.3, -0.25) is 0 Å². The molecule has 0 spiro atoms. The fourth-order valence-corrected chi connectivity index (χ4v) is 2.32. The average molecular weight is 278 g/mol. The van der Waals surface area contributed by atoms with Gasteiger partial charge in [0.25, 0.3) is 0 Å². The summed E-state index contributed by atoms with van der Waals surface area (Å²) in [7, 11) is 0. The highest BCUT2D eigenvalue weighted by atomic mass is 16.7. The van der Waals surface area contributed by atoms with Gasteiger partial charge >= 0.3 is 0 Å². The molecule has 0 atom stereocenters. The minimum absolute atomic E-state index is 0.219. The third kappa shape index (κ3) is 6.53. The van der Waals surface area contributed by atoms with Crippen LogP contribution in [0.1, 0.15) is 70.3 Å². The van der Waals surface area contributed by atoms with Crippen molar-refractivity contribution in [2.75, 3.05) is 13.2 Å². The first-order chi connectivity index (χ1) is 9.81. The van der Waals surface area contributed by atoms with E-state index < -0.39 is 0 Å². The van der Waals surface area contributed by atoms with E-state index in [4.69, 9.17) is 9.47 Å². The molecule has 2 heteroatoms. The van der Waals surface area contributed by atoms with E-state index in [1.807, 2.05) is 13.8 Å². The second-order valence-corrected chi connectivity index (χ2v) is 5.15. The first-order valence-electron chi connectivity index (χ1n) is 8.13. The van der Waals surface area contributed by atoms with E-state index in [0.717, 1.165) is 5.56 Å². The van der Waals surface area contributed by atoms with Crippen molar-refractivity contribution < 1.29 is 9.47 Å². The molecule has 20 heavy (non-hydrogen) atoms. The molecule has 1 rings (SSSR count). The molecule has 1 aromatic carbocycles. The first-order valence-corrected chi connectivity index (χ1v) is 8.13. The lowest BCUT2D eigenvalue weighted by Crippen LogP contribution is -2.08. The predicted molar refractivity (Wildman–Crippen MR) is 84.9 cm³/mol. The number of aryl methyl sites for hydroxylation is 1. The summed E-state index contributed by atoms with van der Waals surface area (Å²) >= 11 is 0. The zero-order valence-electron chi connectivity index (χ0n) is 13.4. The normalized spacial score (nSPS) is 11.2. The molecule has 0 heterocycles. The quantitative estimate of drug-likeness (QED) is 0.405. The van der Waals surface area contributed by atoms with Gasteiger partial charge in [0.2, 0.25) is 0 Å². The zero-order valence-corrected chi connectivity index (χ0v) is 13.4. The minimum Gasteiger partial charge on any atom is -0.349 e. The molecule has 0 aliphatic rings. The van der Waals surface area contributed by atoms with Gasteiger partial charge in [-0.15, -0.1) is 0 Å². The van der Waals surface area contributed by atoms with Crippen LogP contribution in [0.4, 0.5) is 0 Å². The molecule has 1 aromatic rings. The highest BCUT2D eigenvalue weighted by Crippen LogP contribution is 2.20. The van der Waals surface area contributed by atoms with E-state index in [1.165, 1.54) is 44.1 Å². The van der Waals surface area contributed by atoms with E-state index >= 15 is 0 Å². The van der Waals surface area contributed by atoms with Crippen LogP contribution >= 0.6 is 0 Å². The molecule has 0 radical (unpaired) electrons. The van der Waals surface area contributed by atoms with E-state index in [2.05, 4.69) is 31.2 Å². The average Bonchev–Trinajstić information content (AvgIpc) is 2.47. The maximum atomic E-state index is 5.61.